The molecule has 14 nitrogen and oxygen atoms in total. The molecular formula is C46H47N7O7. The van der Waals surface area contributed by atoms with Gasteiger partial charge >= 0.3 is 0 Å². The number of hydrogen-bond donors (Lipinski definition) is 2. The van der Waals surface area contributed by atoms with E-state index in [0.29, 0.717) is 34.6 Å². The van der Waals surface area contributed by atoms with E-state index in [4.69, 9.17) is 9.47 Å². The number of unbranched alkanes of at least 4 members (excludes halogenated alkanes) is 2. The fraction of sp³-hybridized carbons (Fsp3) is 0.413. The molecule has 2 N–H and O–H groups in total. The molecule has 0 spiro atoms. The first kappa shape index (κ1) is 39.1. The van der Waals surface area contributed by atoms with Crippen molar-refractivity contribution in [2.75, 3.05) is 44.2 Å². The number of rotatable bonds is 11. The Kier molecular flexibility index (Phi) is 9.82. The summed E-state index contributed by atoms with van der Waals surface area (Å²) in [6.07, 6.45) is 4.73. The summed E-state index contributed by atoms with van der Waals surface area (Å²) in [4.78, 5) is 74.2. The van der Waals surface area contributed by atoms with Gasteiger partial charge in [0, 0.05) is 60.8 Å². The Bertz CT molecular complexity index is 2490. The molecule has 5 amide bonds. The normalized spacial score (nSPS) is 24.2. The Morgan fingerprint density at radius 1 is 0.950 bits per heavy atom. The van der Waals surface area contributed by atoms with Crippen LogP contribution in [-0.4, -0.2) is 102 Å². The van der Waals surface area contributed by atoms with Gasteiger partial charge in [0.2, 0.25) is 11.8 Å². The molecule has 1 saturated carbocycles. The Hall–Kier alpha value is -6.33. The molecule has 0 bridgehead atoms. The molecule has 4 aliphatic heterocycles. The lowest BCUT2D eigenvalue weighted by molar-refractivity contribution is -0.136. The number of imide groups is 2. The van der Waals surface area contributed by atoms with Crippen molar-refractivity contribution in [2.24, 2.45) is 5.41 Å². The van der Waals surface area contributed by atoms with E-state index in [-0.39, 0.29) is 41.9 Å². The second-order valence-electron chi connectivity index (χ2n) is 17.3. The number of carbonyl (C=O) groups is 5. The molecule has 4 aromatic rings. The van der Waals surface area contributed by atoms with E-state index < -0.39 is 35.1 Å². The summed E-state index contributed by atoms with van der Waals surface area (Å²) in [5.41, 5.74) is 3.27. The van der Waals surface area contributed by atoms with Crippen molar-refractivity contribution in [3.05, 3.63) is 94.7 Å². The Labute approximate surface area is 347 Å². The predicted molar refractivity (Wildman–Crippen MR) is 221 cm³/mol. The molecule has 0 radical (unpaired) electrons. The number of nitrogens with one attached hydrogen (secondary N) is 2. The summed E-state index contributed by atoms with van der Waals surface area (Å²) in [6, 6.07) is 19.2. The van der Waals surface area contributed by atoms with Crippen molar-refractivity contribution in [3.63, 3.8) is 0 Å². The fourth-order valence-electron chi connectivity index (χ4n) is 10.3. The summed E-state index contributed by atoms with van der Waals surface area (Å²) >= 11 is 0. The van der Waals surface area contributed by atoms with E-state index in [1.165, 1.54) is 0 Å². The van der Waals surface area contributed by atoms with Crippen LogP contribution < -0.4 is 25.0 Å². The standard InChI is InChI=1S/C46H47N7O7/c1-45(2)43(46(3)33-17-18-48-38-28(26-47)9-15-35(37(33)38)60-44(45)46)50-39(55)27-7-11-30(12-8-27)59-24-6-4-5-19-51-20-22-52(23-21-51)29-10-13-31-32(25-29)42(58)53(41(31)57)34-14-16-36(54)49-40(34)56/h7-13,15,17-18,25,34,43-44H,4-6,14,16,19-24H2,1-3H3,(H,50,55)(H,49,54,56)/t34?,43?,44-,46?/m0/s1. The van der Waals surface area contributed by atoms with Gasteiger partial charge < -0.3 is 19.7 Å². The summed E-state index contributed by atoms with van der Waals surface area (Å²) < 4.78 is 12.6. The van der Waals surface area contributed by atoms with Gasteiger partial charge in [-0.15, -0.1) is 0 Å². The fourth-order valence-corrected chi connectivity index (χ4v) is 10.3. The quantitative estimate of drug-likeness (QED) is 0.158. The number of fused-ring (bicyclic) bond motifs is 3. The second kappa shape index (κ2) is 15.0. The first-order chi connectivity index (χ1) is 28.9. The number of benzene rings is 3. The smallest absolute Gasteiger partial charge is 0.262 e. The molecule has 1 aliphatic carbocycles. The van der Waals surface area contributed by atoms with Crippen LogP contribution in [0.1, 0.15) is 95.1 Å². The van der Waals surface area contributed by atoms with Crippen LogP contribution in [0, 0.1) is 16.7 Å². The first-order valence-corrected chi connectivity index (χ1v) is 20.8. The molecule has 4 atom stereocenters. The SMILES string of the molecule is CC1(C)C(NC(=O)c2ccc(OCCCCCN3CCN(c4ccc5c(c4)C(=O)N(C4CCC(=O)NC4=O)C5=O)CC3)cc2)C2(C)c3ccnc4c(C#N)ccc(c34)O[C@@H]12. The Balaban J connectivity index is 0.714. The number of nitriles is 1. The van der Waals surface area contributed by atoms with E-state index in [1.807, 2.05) is 30.3 Å². The maximum Gasteiger partial charge on any atom is 0.262 e. The monoisotopic (exact) mass is 809 g/mol. The van der Waals surface area contributed by atoms with Crippen LogP contribution in [0.5, 0.6) is 11.5 Å². The molecule has 1 aromatic heterocycles. The zero-order valence-electron chi connectivity index (χ0n) is 34.0. The molecule has 308 valence electrons. The van der Waals surface area contributed by atoms with Crippen LogP contribution in [-0.2, 0) is 15.0 Å². The van der Waals surface area contributed by atoms with Crippen molar-refractivity contribution in [3.8, 4) is 17.6 Å². The highest BCUT2D eigenvalue weighted by atomic mass is 16.5. The molecule has 9 rings (SSSR count). The molecule has 5 aliphatic rings. The molecule has 3 aromatic carbocycles. The van der Waals surface area contributed by atoms with Crippen LogP contribution in [0.4, 0.5) is 5.69 Å². The molecular weight excluding hydrogens is 763 g/mol. The number of carbonyl (C=O) groups excluding carboxylic acids is 5. The lowest BCUT2D eigenvalue weighted by Crippen LogP contribution is -2.78. The van der Waals surface area contributed by atoms with Crippen molar-refractivity contribution in [1.82, 2.24) is 25.4 Å². The van der Waals surface area contributed by atoms with Crippen molar-refractivity contribution in [1.29, 1.82) is 5.26 Å². The summed E-state index contributed by atoms with van der Waals surface area (Å²) in [5, 5.41) is 16.1. The van der Waals surface area contributed by atoms with Gasteiger partial charge in [-0.2, -0.15) is 5.26 Å². The van der Waals surface area contributed by atoms with Crippen molar-refractivity contribution >= 4 is 46.1 Å². The molecule has 2 saturated heterocycles. The highest BCUT2D eigenvalue weighted by Crippen LogP contribution is 2.61. The van der Waals surface area contributed by atoms with Crippen LogP contribution in [0.15, 0.2) is 66.9 Å². The van der Waals surface area contributed by atoms with Gasteiger partial charge in [-0.25, -0.2) is 0 Å². The van der Waals surface area contributed by atoms with Gasteiger partial charge in [0.15, 0.2) is 0 Å². The summed E-state index contributed by atoms with van der Waals surface area (Å²) in [5.74, 6) is -0.735. The van der Waals surface area contributed by atoms with Crippen LogP contribution in [0.25, 0.3) is 10.9 Å². The van der Waals surface area contributed by atoms with Crippen LogP contribution in [0.2, 0.25) is 0 Å². The highest BCUT2D eigenvalue weighted by molar-refractivity contribution is 6.23. The summed E-state index contributed by atoms with van der Waals surface area (Å²) in [7, 11) is 0. The lowest BCUT2D eigenvalue weighted by Gasteiger charge is -2.66. The van der Waals surface area contributed by atoms with E-state index in [0.717, 1.165) is 79.3 Å². The zero-order chi connectivity index (χ0) is 41.9. The number of anilines is 1. The van der Waals surface area contributed by atoms with Crippen molar-refractivity contribution < 1.29 is 33.4 Å². The third-order valence-corrected chi connectivity index (χ3v) is 13.3. The van der Waals surface area contributed by atoms with E-state index in [2.05, 4.69) is 52.3 Å². The molecule has 5 heterocycles. The largest absolute Gasteiger partial charge is 0.494 e. The van der Waals surface area contributed by atoms with Gasteiger partial charge in [0.05, 0.1) is 40.3 Å². The Morgan fingerprint density at radius 2 is 1.72 bits per heavy atom. The van der Waals surface area contributed by atoms with Crippen LogP contribution >= 0.6 is 0 Å². The topological polar surface area (TPSA) is 174 Å². The number of piperidine rings is 1. The van der Waals surface area contributed by atoms with E-state index in [9.17, 15) is 29.2 Å². The van der Waals surface area contributed by atoms with Gasteiger partial charge in [-0.05, 0) is 105 Å². The number of pyridine rings is 1. The number of nitrogens with zero attached hydrogens (tertiary/aromatic N) is 5. The summed E-state index contributed by atoms with van der Waals surface area (Å²) in [6.45, 7) is 11.2. The maximum atomic E-state index is 13.6. The van der Waals surface area contributed by atoms with Gasteiger partial charge in [-0.1, -0.05) is 13.8 Å². The minimum atomic E-state index is -0.977. The van der Waals surface area contributed by atoms with Gasteiger partial charge in [0.25, 0.3) is 17.7 Å². The first-order valence-electron chi connectivity index (χ1n) is 20.8. The molecule has 14 heteroatoms. The third-order valence-electron chi connectivity index (χ3n) is 13.3. The average Bonchev–Trinajstić information content (AvgIpc) is 3.50. The number of aromatic nitrogens is 1. The van der Waals surface area contributed by atoms with Crippen LogP contribution in [0.3, 0.4) is 0 Å². The van der Waals surface area contributed by atoms with Gasteiger partial charge in [-0.3, -0.25) is 44.1 Å². The number of hydrogen-bond acceptors (Lipinski definition) is 11. The van der Waals surface area contributed by atoms with E-state index in [1.54, 1.807) is 36.5 Å². The lowest BCUT2D eigenvalue weighted by atomic mass is 9.45. The zero-order valence-corrected chi connectivity index (χ0v) is 34.0. The Morgan fingerprint density at radius 3 is 2.47 bits per heavy atom. The molecule has 3 fully saturated rings. The maximum absolute atomic E-state index is 13.6. The van der Waals surface area contributed by atoms with Gasteiger partial charge in [0.1, 0.15) is 29.7 Å². The molecule has 60 heavy (non-hydrogen) atoms. The minimum absolute atomic E-state index is 0.0872. The third kappa shape index (κ3) is 6.43. The van der Waals surface area contributed by atoms with Crippen molar-refractivity contribution in [2.45, 2.75) is 76.5 Å². The second-order valence-corrected chi connectivity index (χ2v) is 17.3. The minimum Gasteiger partial charge on any atom is -0.494 e. The van der Waals surface area contributed by atoms with E-state index >= 15 is 0 Å². The predicted octanol–water partition coefficient (Wildman–Crippen LogP) is 4.74. The molecule has 3 unspecified atom stereocenters. The number of amides is 5. The number of ether oxygens (including phenoxy) is 2. The number of piperazine rings is 1. The highest BCUT2D eigenvalue weighted by Gasteiger charge is 2.69. The average molecular weight is 810 g/mol.